The molecule has 2 aromatic heterocycles. The summed E-state index contributed by atoms with van der Waals surface area (Å²) < 4.78 is 7.40. The number of anilines is 1. The third kappa shape index (κ3) is 3.00. The maximum atomic E-state index is 10.2. The molecule has 1 atom stereocenters. The van der Waals surface area contributed by atoms with Gasteiger partial charge in [0.2, 0.25) is 0 Å². The topological polar surface area (TPSA) is 86.2 Å². The first-order chi connectivity index (χ1) is 10.9. The van der Waals surface area contributed by atoms with Crippen molar-refractivity contribution < 1.29 is 9.84 Å². The number of pyridine rings is 1. The molecule has 0 saturated heterocycles. The molecule has 0 aliphatic rings. The van der Waals surface area contributed by atoms with Gasteiger partial charge in [-0.25, -0.2) is 9.97 Å². The van der Waals surface area contributed by atoms with Gasteiger partial charge in [0.15, 0.2) is 5.82 Å². The lowest BCUT2D eigenvalue weighted by Gasteiger charge is -2.26. The van der Waals surface area contributed by atoms with E-state index in [0.29, 0.717) is 24.4 Å². The average molecular weight is 314 g/mol. The first-order valence-corrected chi connectivity index (χ1v) is 7.63. The lowest BCUT2D eigenvalue weighted by molar-refractivity contribution is 0.0369. The fourth-order valence-electron chi connectivity index (χ4n) is 3.05. The largest absolute Gasteiger partial charge is 0.390 e. The quantitative estimate of drug-likeness (QED) is 0.755. The molecule has 6 heteroatoms. The standard InChI is InChI=1S/C17H22N4O2/c1-17(2,22)8-11(9-23-3)21-10-19-14-15(21)12-6-4-5-7-13(12)20-16(14)18/h4-7,10-11,22H,8-9H2,1-3H3,(H2,18,20). The SMILES string of the molecule is COCC(CC(C)(C)O)n1cnc2c(N)nc3ccccc3c21. The van der Waals surface area contributed by atoms with Crippen molar-refractivity contribution >= 4 is 27.8 Å². The smallest absolute Gasteiger partial charge is 0.152 e. The van der Waals surface area contributed by atoms with Gasteiger partial charge in [-0.3, -0.25) is 0 Å². The van der Waals surface area contributed by atoms with Gasteiger partial charge in [0.05, 0.1) is 35.6 Å². The first-order valence-electron chi connectivity index (χ1n) is 7.63. The van der Waals surface area contributed by atoms with Crippen molar-refractivity contribution in [3.8, 4) is 0 Å². The summed E-state index contributed by atoms with van der Waals surface area (Å²) in [6, 6.07) is 7.80. The van der Waals surface area contributed by atoms with Crippen molar-refractivity contribution in [2.75, 3.05) is 19.5 Å². The Morgan fingerprint density at radius 1 is 1.35 bits per heavy atom. The van der Waals surface area contributed by atoms with Crippen LogP contribution in [0.2, 0.25) is 0 Å². The van der Waals surface area contributed by atoms with Gasteiger partial charge in [0, 0.05) is 12.5 Å². The van der Waals surface area contributed by atoms with Crippen LogP contribution in [0, 0.1) is 0 Å². The predicted octanol–water partition coefficient (Wildman–Crippen LogP) is 2.52. The number of fused-ring (bicyclic) bond motifs is 3. The third-order valence-electron chi connectivity index (χ3n) is 3.92. The van der Waals surface area contributed by atoms with Crippen molar-refractivity contribution in [2.24, 2.45) is 0 Å². The van der Waals surface area contributed by atoms with Crippen LogP contribution in [-0.2, 0) is 4.74 Å². The van der Waals surface area contributed by atoms with E-state index in [-0.39, 0.29) is 6.04 Å². The first kappa shape index (κ1) is 15.7. The van der Waals surface area contributed by atoms with Gasteiger partial charge in [-0.15, -0.1) is 0 Å². The van der Waals surface area contributed by atoms with Crippen molar-refractivity contribution in [3.05, 3.63) is 30.6 Å². The van der Waals surface area contributed by atoms with Crippen LogP contribution in [0.5, 0.6) is 0 Å². The van der Waals surface area contributed by atoms with Gasteiger partial charge in [0.25, 0.3) is 0 Å². The summed E-state index contributed by atoms with van der Waals surface area (Å²) in [7, 11) is 1.66. The van der Waals surface area contributed by atoms with E-state index in [2.05, 4.69) is 9.97 Å². The molecule has 1 aromatic carbocycles. The van der Waals surface area contributed by atoms with Gasteiger partial charge in [-0.05, 0) is 26.3 Å². The lowest BCUT2D eigenvalue weighted by atomic mass is 9.99. The number of benzene rings is 1. The van der Waals surface area contributed by atoms with Crippen LogP contribution in [0.15, 0.2) is 30.6 Å². The minimum atomic E-state index is -0.811. The van der Waals surface area contributed by atoms with E-state index in [0.717, 1.165) is 16.4 Å². The number of aliphatic hydroxyl groups is 1. The molecule has 3 aromatic rings. The maximum absolute atomic E-state index is 10.2. The summed E-state index contributed by atoms with van der Waals surface area (Å²) in [5.41, 5.74) is 7.70. The molecule has 3 rings (SSSR count). The summed E-state index contributed by atoms with van der Waals surface area (Å²) in [6.07, 6.45) is 2.30. The Balaban J connectivity index is 2.24. The van der Waals surface area contributed by atoms with Crippen LogP contribution >= 0.6 is 0 Å². The number of methoxy groups -OCH3 is 1. The number of nitrogens with two attached hydrogens (primary N) is 1. The molecule has 122 valence electrons. The Kier molecular flexibility index (Phi) is 3.95. The van der Waals surface area contributed by atoms with E-state index in [1.54, 1.807) is 27.3 Å². The molecule has 0 fully saturated rings. The Morgan fingerprint density at radius 3 is 2.78 bits per heavy atom. The fourth-order valence-corrected chi connectivity index (χ4v) is 3.05. The molecule has 6 nitrogen and oxygen atoms in total. The zero-order chi connectivity index (χ0) is 16.6. The molecule has 0 radical (unpaired) electrons. The van der Waals surface area contributed by atoms with Crippen LogP contribution in [0.4, 0.5) is 5.82 Å². The summed E-state index contributed by atoms with van der Waals surface area (Å²) in [5.74, 6) is 0.414. The monoisotopic (exact) mass is 314 g/mol. The second kappa shape index (κ2) is 5.79. The normalized spacial score (nSPS) is 13.7. The Hall–Kier alpha value is -2.18. The van der Waals surface area contributed by atoms with Crippen molar-refractivity contribution in [1.82, 2.24) is 14.5 Å². The van der Waals surface area contributed by atoms with Crippen molar-refractivity contribution in [1.29, 1.82) is 0 Å². The number of imidazole rings is 1. The number of hydrogen-bond donors (Lipinski definition) is 2. The number of nitrogens with zero attached hydrogens (tertiary/aromatic N) is 3. The molecule has 23 heavy (non-hydrogen) atoms. The molecular formula is C17H22N4O2. The van der Waals surface area contributed by atoms with Crippen LogP contribution in [-0.4, -0.2) is 39.0 Å². The van der Waals surface area contributed by atoms with E-state index in [1.165, 1.54) is 0 Å². The summed E-state index contributed by atoms with van der Waals surface area (Å²) >= 11 is 0. The van der Waals surface area contributed by atoms with E-state index < -0.39 is 5.60 Å². The molecule has 2 heterocycles. The van der Waals surface area contributed by atoms with E-state index in [9.17, 15) is 5.11 Å². The second-order valence-electron chi connectivity index (χ2n) is 6.49. The highest BCUT2D eigenvalue weighted by atomic mass is 16.5. The van der Waals surface area contributed by atoms with E-state index in [4.69, 9.17) is 10.5 Å². The Bertz CT molecular complexity index is 836. The second-order valence-corrected chi connectivity index (χ2v) is 6.49. The van der Waals surface area contributed by atoms with Gasteiger partial charge in [-0.1, -0.05) is 18.2 Å². The lowest BCUT2D eigenvalue weighted by Crippen LogP contribution is -2.27. The number of nitrogen functional groups attached to an aromatic ring is 1. The summed E-state index contributed by atoms with van der Waals surface area (Å²) in [6.45, 7) is 4.07. The zero-order valence-electron chi connectivity index (χ0n) is 13.7. The number of hydrogen-bond acceptors (Lipinski definition) is 5. The zero-order valence-corrected chi connectivity index (χ0v) is 13.7. The average Bonchev–Trinajstić information content (AvgIpc) is 2.91. The highest BCUT2D eigenvalue weighted by molar-refractivity contribution is 6.06. The highest BCUT2D eigenvalue weighted by Gasteiger charge is 2.24. The van der Waals surface area contributed by atoms with Crippen LogP contribution in [0.3, 0.4) is 0 Å². The highest BCUT2D eigenvalue weighted by Crippen LogP contribution is 2.31. The van der Waals surface area contributed by atoms with E-state index in [1.807, 2.05) is 28.8 Å². The van der Waals surface area contributed by atoms with Crippen molar-refractivity contribution in [2.45, 2.75) is 31.9 Å². The molecular weight excluding hydrogens is 292 g/mol. The van der Waals surface area contributed by atoms with Crippen LogP contribution in [0.25, 0.3) is 21.9 Å². The molecule has 0 amide bonds. The number of para-hydroxylation sites is 1. The summed E-state index contributed by atoms with van der Waals surface area (Å²) in [5, 5.41) is 11.2. The Morgan fingerprint density at radius 2 is 2.09 bits per heavy atom. The van der Waals surface area contributed by atoms with Gasteiger partial charge < -0.3 is 20.1 Å². The third-order valence-corrected chi connectivity index (χ3v) is 3.92. The Labute approximate surface area is 134 Å². The van der Waals surface area contributed by atoms with E-state index >= 15 is 0 Å². The van der Waals surface area contributed by atoms with Crippen LogP contribution < -0.4 is 5.73 Å². The summed E-state index contributed by atoms with van der Waals surface area (Å²) in [4.78, 5) is 8.86. The molecule has 0 aliphatic carbocycles. The predicted molar refractivity (Wildman–Crippen MR) is 91.3 cm³/mol. The van der Waals surface area contributed by atoms with Gasteiger partial charge in [0.1, 0.15) is 5.52 Å². The number of rotatable bonds is 5. The fraction of sp³-hybridized carbons (Fsp3) is 0.412. The van der Waals surface area contributed by atoms with Gasteiger partial charge in [-0.2, -0.15) is 0 Å². The molecule has 0 saturated carbocycles. The molecule has 0 spiro atoms. The van der Waals surface area contributed by atoms with Gasteiger partial charge >= 0.3 is 0 Å². The maximum Gasteiger partial charge on any atom is 0.152 e. The minimum absolute atomic E-state index is 0.0461. The van der Waals surface area contributed by atoms with Crippen LogP contribution in [0.1, 0.15) is 26.3 Å². The number of aromatic nitrogens is 3. The minimum Gasteiger partial charge on any atom is -0.390 e. The molecule has 1 unspecified atom stereocenters. The molecule has 0 aliphatic heterocycles. The number of ether oxygens (including phenoxy) is 1. The van der Waals surface area contributed by atoms with Crippen molar-refractivity contribution in [3.63, 3.8) is 0 Å². The molecule has 3 N–H and O–H groups in total. The molecule has 0 bridgehead atoms.